The zero-order chi connectivity index (χ0) is 8.27. The molecule has 1 fully saturated rings. The second kappa shape index (κ2) is 4.04. The molecule has 2 atom stereocenters. The summed E-state index contributed by atoms with van der Waals surface area (Å²) < 4.78 is 0. The van der Waals surface area contributed by atoms with E-state index >= 15 is 0 Å². The van der Waals surface area contributed by atoms with E-state index in [4.69, 9.17) is 0 Å². The maximum atomic E-state index is 3.50. The van der Waals surface area contributed by atoms with Crippen LogP contribution in [0.1, 0.15) is 6.92 Å². The molecule has 2 unspecified atom stereocenters. The fraction of sp³-hybridized carbons (Fsp3) is 1.00. The molecule has 1 aliphatic rings. The highest BCUT2D eigenvalue weighted by molar-refractivity contribution is 4.83. The van der Waals surface area contributed by atoms with Crippen LogP contribution >= 0.6 is 0 Å². The van der Waals surface area contributed by atoms with Gasteiger partial charge in [0.15, 0.2) is 0 Å². The Morgan fingerprint density at radius 3 is 2.91 bits per heavy atom. The molecule has 0 spiro atoms. The van der Waals surface area contributed by atoms with Gasteiger partial charge in [-0.05, 0) is 21.0 Å². The average molecular weight is 157 g/mol. The fourth-order valence-electron chi connectivity index (χ4n) is 1.47. The Kier molecular flexibility index (Phi) is 3.30. The van der Waals surface area contributed by atoms with Gasteiger partial charge in [-0.1, -0.05) is 0 Å². The summed E-state index contributed by atoms with van der Waals surface area (Å²) in [6.45, 7) is 5.67. The second-order valence-corrected chi connectivity index (χ2v) is 3.40. The van der Waals surface area contributed by atoms with Gasteiger partial charge in [0.05, 0.1) is 0 Å². The van der Waals surface area contributed by atoms with E-state index in [9.17, 15) is 0 Å². The van der Waals surface area contributed by atoms with Crippen molar-refractivity contribution in [3.63, 3.8) is 0 Å². The lowest BCUT2D eigenvalue weighted by Gasteiger charge is -2.34. The molecule has 0 amide bonds. The third-order valence-corrected chi connectivity index (χ3v) is 2.47. The molecule has 3 nitrogen and oxygen atoms in total. The average Bonchev–Trinajstić information content (AvgIpc) is 2.03. The summed E-state index contributed by atoms with van der Waals surface area (Å²) >= 11 is 0. The molecule has 0 radical (unpaired) electrons. The van der Waals surface area contributed by atoms with Gasteiger partial charge in [0.25, 0.3) is 0 Å². The van der Waals surface area contributed by atoms with E-state index in [-0.39, 0.29) is 0 Å². The number of piperazine rings is 1. The Balaban J connectivity index is 2.33. The Bertz CT molecular complexity index is 116. The minimum Gasteiger partial charge on any atom is -0.316 e. The zero-order valence-electron chi connectivity index (χ0n) is 7.72. The summed E-state index contributed by atoms with van der Waals surface area (Å²) in [5.74, 6) is 0. The molecule has 0 aromatic rings. The molecule has 11 heavy (non-hydrogen) atoms. The molecule has 1 saturated heterocycles. The van der Waals surface area contributed by atoms with Crippen LogP contribution in [-0.4, -0.2) is 50.7 Å². The van der Waals surface area contributed by atoms with E-state index in [1.165, 1.54) is 6.54 Å². The van der Waals surface area contributed by atoms with Crippen molar-refractivity contribution >= 4 is 0 Å². The zero-order valence-corrected chi connectivity index (χ0v) is 7.72. The first kappa shape index (κ1) is 8.97. The van der Waals surface area contributed by atoms with Crippen molar-refractivity contribution in [2.75, 3.05) is 33.7 Å². The van der Waals surface area contributed by atoms with Gasteiger partial charge in [-0.2, -0.15) is 0 Å². The van der Waals surface area contributed by atoms with E-state index in [0.717, 1.165) is 13.1 Å². The van der Waals surface area contributed by atoms with Crippen molar-refractivity contribution in [1.29, 1.82) is 0 Å². The number of rotatable bonds is 2. The first-order valence-electron chi connectivity index (χ1n) is 4.33. The van der Waals surface area contributed by atoms with Crippen molar-refractivity contribution in [1.82, 2.24) is 15.5 Å². The Hall–Kier alpha value is -0.120. The lowest BCUT2D eigenvalue weighted by atomic mass is 10.1. The highest BCUT2D eigenvalue weighted by atomic mass is 15.2. The molecule has 0 aromatic heterocycles. The van der Waals surface area contributed by atoms with Crippen molar-refractivity contribution in [2.45, 2.75) is 19.0 Å². The second-order valence-electron chi connectivity index (χ2n) is 3.40. The van der Waals surface area contributed by atoms with Crippen LogP contribution in [0.2, 0.25) is 0 Å². The van der Waals surface area contributed by atoms with Crippen LogP contribution in [0.25, 0.3) is 0 Å². The van der Waals surface area contributed by atoms with Gasteiger partial charge in [0, 0.05) is 31.7 Å². The molecule has 3 heteroatoms. The molecule has 2 N–H and O–H groups in total. The third-order valence-electron chi connectivity index (χ3n) is 2.47. The van der Waals surface area contributed by atoms with Crippen LogP contribution in [-0.2, 0) is 0 Å². The predicted octanol–water partition coefficient (Wildman–Crippen LogP) is -0.502. The summed E-state index contributed by atoms with van der Waals surface area (Å²) in [6.07, 6.45) is 0. The normalized spacial score (nSPS) is 30.3. The van der Waals surface area contributed by atoms with E-state index in [2.05, 4.69) is 29.5 Å². The van der Waals surface area contributed by atoms with Crippen LogP contribution in [0, 0.1) is 0 Å². The van der Waals surface area contributed by atoms with E-state index in [1.807, 2.05) is 7.05 Å². The molecule has 1 rings (SSSR count). The highest BCUT2D eigenvalue weighted by Crippen LogP contribution is 1.99. The number of nitrogens with zero attached hydrogens (tertiary/aromatic N) is 1. The van der Waals surface area contributed by atoms with Crippen molar-refractivity contribution in [3.8, 4) is 0 Å². The maximum Gasteiger partial charge on any atom is 0.0346 e. The lowest BCUT2D eigenvalue weighted by molar-refractivity contribution is 0.214. The van der Waals surface area contributed by atoms with Gasteiger partial charge in [-0.25, -0.2) is 0 Å². The number of hydrogen-bond acceptors (Lipinski definition) is 3. The molecular formula is C8H19N3. The fourth-order valence-corrected chi connectivity index (χ4v) is 1.47. The van der Waals surface area contributed by atoms with Crippen LogP contribution in [0.5, 0.6) is 0 Å². The lowest BCUT2D eigenvalue weighted by Crippen LogP contribution is -2.56. The van der Waals surface area contributed by atoms with Gasteiger partial charge in [0.2, 0.25) is 0 Å². The quantitative estimate of drug-likeness (QED) is 0.566. The number of nitrogens with one attached hydrogen (secondary N) is 2. The molecule has 1 aliphatic heterocycles. The standard InChI is InChI=1S/C8H19N3/c1-7(9-2)8-6-11(3)5-4-10-8/h7-10H,4-6H2,1-3H3. The third kappa shape index (κ3) is 2.43. The molecule has 0 bridgehead atoms. The van der Waals surface area contributed by atoms with E-state index < -0.39 is 0 Å². The molecular weight excluding hydrogens is 138 g/mol. The molecule has 0 aromatic carbocycles. The highest BCUT2D eigenvalue weighted by Gasteiger charge is 2.20. The molecule has 0 aliphatic carbocycles. The molecule has 1 heterocycles. The summed E-state index contributed by atoms with van der Waals surface area (Å²) in [7, 11) is 4.19. The minimum absolute atomic E-state index is 0.567. The van der Waals surface area contributed by atoms with Gasteiger partial charge < -0.3 is 15.5 Å². The SMILES string of the molecule is CNC(C)C1CN(C)CCN1. The van der Waals surface area contributed by atoms with Crippen LogP contribution < -0.4 is 10.6 Å². The minimum atomic E-state index is 0.567. The monoisotopic (exact) mass is 157 g/mol. The summed E-state index contributed by atoms with van der Waals surface area (Å²) in [5.41, 5.74) is 0. The maximum absolute atomic E-state index is 3.50. The largest absolute Gasteiger partial charge is 0.316 e. The van der Waals surface area contributed by atoms with Crippen molar-refractivity contribution < 1.29 is 0 Å². The van der Waals surface area contributed by atoms with Gasteiger partial charge in [-0.3, -0.25) is 0 Å². The summed E-state index contributed by atoms with van der Waals surface area (Å²) in [6, 6.07) is 1.18. The van der Waals surface area contributed by atoms with E-state index in [1.54, 1.807) is 0 Å². The summed E-state index contributed by atoms with van der Waals surface area (Å²) in [4.78, 5) is 2.37. The van der Waals surface area contributed by atoms with E-state index in [0.29, 0.717) is 12.1 Å². The predicted molar refractivity (Wildman–Crippen MR) is 47.8 cm³/mol. The topological polar surface area (TPSA) is 27.3 Å². The van der Waals surface area contributed by atoms with Crippen LogP contribution in [0.3, 0.4) is 0 Å². The first-order valence-corrected chi connectivity index (χ1v) is 4.33. The van der Waals surface area contributed by atoms with Crippen molar-refractivity contribution in [2.24, 2.45) is 0 Å². The molecule has 66 valence electrons. The first-order chi connectivity index (χ1) is 5.24. The van der Waals surface area contributed by atoms with Gasteiger partial charge in [0.1, 0.15) is 0 Å². The Morgan fingerprint density at radius 1 is 1.64 bits per heavy atom. The number of likely N-dealkylation sites (N-methyl/N-ethyl adjacent to an activating group) is 2. The smallest absolute Gasteiger partial charge is 0.0346 e. The van der Waals surface area contributed by atoms with Crippen molar-refractivity contribution in [3.05, 3.63) is 0 Å². The Morgan fingerprint density at radius 2 is 2.36 bits per heavy atom. The van der Waals surface area contributed by atoms with Crippen LogP contribution in [0.4, 0.5) is 0 Å². The van der Waals surface area contributed by atoms with Gasteiger partial charge in [-0.15, -0.1) is 0 Å². The Labute approximate surface area is 69.1 Å². The summed E-state index contributed by atoms with van der Waals surface area (Å²) in [5, 5.41) is 6.76. The van der Waals surface area contributed by atoms with Gasteiger partial charge >= 0.3 is 0 Å². The van der Waals surface area contributed by atoms with Crippen LogP contribution in [0.15, 0.2) is 0 Å². The number of hydrogen-bond donors (Lipinski definition) is 2. The molecule has 0 saturated carbocycles.